The molecule has 0 heterocycles. The highest BCUT2D eigenvalue weighted by Crippen LogP contribution is 2.14. The van der Waals surface area contributed by atoms with E-state index in [9.17, 15) is 9.18 Å². The van der Waals surface area contributed by atoms with Crippen molar-refractivity contribution < 1.29 is 14.3 Å². The Labute approximate surface area is 101 Å². The number of carboxylic acids is 1. The Kier molecular flexibility index (Phi) is 4.63. The fourth-order valence-electron chi connectivity index (χ4n) is 1.66. The Morgan fingerprint density at radius 3 is 2.41 bits per heavy atom. The maximum absolute atomic E-state index is 13.4. The van der Waals surface area contributed by atoms with Crippen molar-refractivity contribution in [2.24, 2.45) is 5.92 Å². The lowest BCUT2D eigenvalue weighted by Gasteiger charge is -2.10. The Hall–Kier alpha value is -1.42. The first-order valence-corrected chi connectivity index (χ1v) is 5.61. The predicted molar refractivity (Wildman–Crippen MR) is 64.4 cm³/mol. The molecule has 0 bridgehead atoms. The van der Waals surface area contributed by atoms with Gasteiger partial charge in [-0.15, -0.1) is 0 Å². The van der Waals surface area contributed by atoms with Crippen molar-refractivity contribution in [3.8, 4) is 0 Å². The van der Waals surface area contributed by atoms with Gasteiger partial charge in [0.2, 0.25) is 0 Å². The molecule has 1 rings (SSSR count). The molecular formula is C13H18FNO2. The molecule has 0 saturated carbocycles. The number of aliphatic carboxylic acids is 1. The van der Waals surface area contributed by atoms with E-state index in [1.807, 2.05) is 0 Å². The number of carbonyl (C=O) groups is 1. The zero-order valence-electron chi connectivity index (χ0n) is 10.4. The van der Waals surface area contributed by atoms with Gasteiger partial charge in [-0.1, -0.05) is 19.1 Å². The molecule has 1 aromatic carbocycles. The maximum Gasteiger partial charge on any atom is 0.307 e. The van der Waals surface area contributed by atoms with Crippen LogP contribution in [0, 0.1) is 25.6 Å². The van der Waals surface area contributed by atoms with E-state index in [0.29, 0.717) is 24.2 Å². The highest BCUT2D eigenvalue weighted by atomic mass is 19.1. The minimum absolute atomic E-state index is 0.173. The minimum atomic E-state index is -0.816. The zero-order chi connectivity index (χ0) is 13.0. The monoisotopic (exact) mass is 239 g/mol. The first-order valence-electron chi connectivity index (χ1n) is 5.61. The van der Waals surface area contributed by atoms with E-state index in [4.69, 9.17) is 5.11 Å². The second-order valence-corrected chi connectivity index (χ2v) is 4.41. The van der Waals surface area contributed by atoms with E-state index < -0.39 is 11.9 Å². The summed E-state index contributed by atoms with van der Waals surface area (Å²) in [4.78, 5) is 10.6. The zero-order valence-corrected chi connectivity index (χ0v) is 10.4. The molecule has 0 spiro atoms. The molecule has 17 heavy (non-hydrogen) atoms. The summed E-state index contributed by atoms with van der Waals surface area (Å²) >= 11 is 0. The summed E-state index contributed by atoms with van der Waals surface area (Å²) in [6.45, 7) is 6.07. The molecule has 0 fully saturated rings. The first kappa shape index (κ1) is 13.6. The molecule has 0 amide bonds. The van der Waals surface area contributed by atoms with Crippen molar-refractivity contribution in [1.29, 1.82) is 0 Å². The standard InChI is InChI=1S/C13H18FNO2/c1-8-4-11(5-9(2)12(8)14)7-15-6-10(3)13(16)17/h4-5,10,15H,6-7H2,1-3H3,(H,16,17). The van der Waals surface area contributed by atoms with Gasteiger partial charge in [0.15, 0.2) is 0 Å². The lowest BCUT2D eigenvalue weighted by Crippen LogP contribution is -2.26. The molecule has 1 aromatic rings. The predicted octanol–water partition coefficient (Wildman–Crippen LogP) is 2.25. The number of halogens is 1. The third-order valence-corrected chi connectivity index (χ3v) is 2.70. The largest absolute Gasteiger partial charge is 0.481 e. The normalized spacial score (nSPS) is 12.5. The Balaban J connectivity index is 2.56. The molecule has 1 atom stereocenters. The van der Waals surface area contributed by atoms with E-state index in [1.165, 1.54) is 0 Å². The molecule has 0 aromatic heterocycles. The summed E-state index contributed by atoms with van der Waals surface area (Å²) in [6, 6.07) is 3.56. The van der Waals surface area contributed by atoms with E-state index in [0.717, 1.165) is 5.56 Å². The van der Waals surface area contributed by atoms with E-state index in [-0.39, 0.29) is 5.82 Å². The molecule has 3 nitrogen and oxygen atoms in total. The van der Waals surface area contributed by atoms with E-state index >= 15 is 0 Å². The molecular weight excluding hydrogens is 221 g/mol. The molecule has 0 aliphatic heterocycles. The van der Waals surface area contributed by atoms with Crippen LogP contribution in [0.5, 0.6) is 0 Å². The summed E-state index contributed by atoms with van der Waals surface area (Å²) < 4.78 is 13.4. The minimum Gasteiger partial charge on any atom is -0.481 e. The smallest absolute Gasteiger partial charge is 0.307 e. The van der Waals surface area contributed by atoms with Crippen LogP contribution in [-0.2, 0) is 11.3 Å². The van der Waals surface area contributed by atoms with Gasteiger partial charge >= 0.3 is 5.97 Å². The number of nitrogens with one attached hydrogen (secondary N) is 1. The van der Waals surface area contributed by atoms with Crippen LogP contribution in [0.1, 0.15) is 23.6 Å². The molecule has 0 radical (unpaired) electrons. The second-order valence-electron chi connectivity index (χ2n) is 4.41. The fraction of sp³-hybridized carbons (Fsp3) is 0.462. The summed E-state index contributed by atoms with van der Waals surface area (Å²) in [5, 5.41) is 11.8. The van der Waals surface area contributed by atoms with Crippen LogP contribution in [0.3, 0.4) is 0 Å². The number of hydrogen-bond acceptors (Lipinski definition) is 2. The maximum atomic E-state index is 13.4. The van der Waals surface area contributed by atoms with Crippen molar-refractivity contribution in [2.45, 2.75) is 27.3 Å². The number of rotatable bonds is 5. The van der Waals surface area contributed by atoms with Gasteiger partial charge in [0.1, 0.15) is 5.82 Å². The van der Waals surface area contributed by atoms with Crippen molar-refractivity contribution in [3.05, 3.63) is 34.6 Å². The van der Waals surface area contributed by atoms with Crippen molar-refractivity contribution in [1.82, 2.24) is 5.32 Å². The summed E-state index contributed by atoms with van der Waals surface area (Å²) in [7, 11) is 0. The van der Waals surface area contributed by atoms with Crippen LogP contribution in [0.25, 0.3) is 0 Å². The Morgan fingerprint density at radius 2 is 1.94 bits per heavy atom. The molecule has 0 saturated heterocycles. The fourth-order valence-corrected chi connectivity index (χ4v) is 1.66. The quantitative estimate of drug-likeness (QED) is 0.828. The van der Waals surface area contributed by atoms with Gasteiger partial charge in [-0.05, 0) is 30.5 Å². The van der Waals surface area contributed by atoms with Crippen LogP contribution in [0.15, 0.2) is 12.1 Å². The van der Waals surface area contributed by atoms with Crippen LogP contribution >= 0.6 is 0 Å². The average Bonchev–Trinajstić information content (AvgIpc) is 2.25. The molecule has 4 heteroatoms. The number of benzene rings is 1. The van der Waals surface area contributed by atoms with E-state index in [2.05, 4.69) is 5.32 Å². The van der Waals surface area contributed by atoms with Crippen LogP contribution < -0.4 is 5.32 Å². The Bertz CT molecular complexity index is 395. The highest BCUT2D eigenvalue weighted by molar-refractivity contribution is 5.69. The van der Waals surface area contributed by atoms with Crippen molar-refractivity contribution in [3.63, 3.8) is 0 Å². The van der Waals surface area contributed by atoms with Crippen LogP contribution in [-0.4, -0.2) is 17.6 Å². The third-order valence-electron chi connectivity index (χ3n) is 2.70. The molecule has 94 valence electrons. The summed E-state index contributed by atoms with van der Waals surface area (Å²) in [5.74, 6) is -1.41. The molecule has 1 unspecified atom stereocenters. The summed E-state index contributed by atoms with van der Waals surface area (Å²) in [5.41, 5.74) is 2.21. The first-order chi connectivity index (χ1) is 7.91. The van der Waals surface area contributed by atoms with Gasteiger partial charge in [0.25, 0.3) is 0 Å². The van der Waals surface area contributed by atoms with Gasteiger partial charge in [-0.2, -0.15) is 0 Å². The topological polar surface area (TPSA) is 49.3 Å². The average molecular weight is 239 g/mol. The van der Waals surface area contributed by atoms with Gasteiger partial charge in [0.05, 0.1) is 5.92 Å². The number of aryl methyl sites for hydroxylation is 2. The number of carboxylic acid groups (broad SMARTS) is 1. The lowest BCUT2D eigenvalue weighted by molar-refractivity contribution is -0.140. The second kappa shape index (κ2) is 5.77. The van der Waals surface area contributed by atoms with Crippen LogP contribution in [0.2, 0.25) is 0 Å². The van der Waals surface area contributed by atoms with Gasteiger partial charge < -0.3 is 10.4 Å². The van der Waals surface area contributed by atoms with E-state index in [1.54, 1.807) is 32.9 Å². The van der Waals surface area contributed by atoms with Crippen LogP contribution in [0.4, 0.5) is 4.39 Å². The summed E-state index contributed by atoms with van der Waals surface area (Å²) in [6.07, 6.45) is 0. The van der Waals surface area contributed by atoms with Gasteiger partial charge in [0, 0.05) is 13.1 Å². The highest BCUT2D eigenvalue weighted by Gasteiger charge is 2.10. The molecule has 0 aliphatic rings. The van der Waals surface area contributed by atoms with Crippen molar-refractivity contribution in [2.75, 3.05) is 6.54 Å². The number of hydrogen-bond donors (Lipinski definition) is 2. The van der Waals surface area contributed by atoms with Gasteiger partial charge in [-0.25, -0.2) is 4.39 Å². The molecule has 0 aliphatic carbocycles. The lowest BCUT2D eigenvalue weighted by atomic mass is 10.1. The Morgan fingerprint density at radius 1 is 1.41 bits per heavy atom. The van der Waals surface area contributed by atoms with Gasteiger partial charge in [-0.3, -0.25) is 4.79 Å². The third kappa shape index (κ3) is 3.82. The molecule has 2 N–H and O–H groups in total. The SMILES string of the molecule is Cc1cc(CNCC(C)C(=O)O)cc(C)c1F. The van der Waals surface area contributed by atoms with Crippen molar-refractivity contribution >= 4 is 5.97 Å².